The molecule has 2 N–H and O–H groups in total. The Kier molecular flexibility index (Phi) is 7.69. The van der Waals surface area contributed by atoms with Gasteiger partial charge in [0.15, 0.2) is 5.11 Å². The van der Waals surface area contributed by atoms with E-state index in [-0.39, 0.29) is 0 Å². The van der Waals surface area contributed by atoms with Crippen LogP contribution in [0.4, 0.5) is 5.69 Å². The van der Waals surface area contributed by atoms with Gasteiger partial charge in [-0.25, -0.2) is 0 Å². The lowest BCUT2D eigenvalue weighted by atomic mass is 10.2. The van der Waals surface area contributed by atoms with Gasteiger partial charge in [-0.05, 0) is 67.0 Å². The third kappa shape index (κ3) is 6.52. The normalized spacial score (nSPS) is 11.8. The highest BCUT2D eigenvalue weighted by Gasteiger charge is 2.06. The largest absolute Gasteiger partial charge is 0.362 e. The Morgan fingerprint density at radius 3 is 2.54 bits per heavy atom. The molecule has 0 aliphatic heterocycles. The number of aryl methyl sites for hydroxylation is 1. The van der Waals surface area contributed by atoms with Gasteiger partial charge in [0.1, 0.15) is 0 Å². The van der Waals surface area contributed by atoms with Crippen LogP contribution in [0.5, 0.6) is 0 Å². The van der Waals surface area contributed by atoms with E-state index in [1.165, 1.54) is 4.90 Å². The average Bonchev–Trinajstić information content (AvgIpc) is 2.55. The minimum absolute atomic E-state index is 0.471. The summed E-state index contributed by atoms with van der Waals surface area (Å²) in [5, 5.41) is 8.41. The molecule has 24 heavy (non-hydrogen) atoms. The Labute approximate surface area is 163 Å². The molecule has 2 nitrogen and oxygen atoms in total. The van der Waals surface area contributed by atoms with Crippen molar-refractivity contribution in [2.45, 2.75) is 18.7 Å². The molecule has 0 amide bonds. The maximum Gasteiger partial charge on any atom is 0.170 e. The number of thiocarbonyl (C=S) groups is 1. The fourth-order valence-corrected chi connectivity index (χ4v) is 3.51. The molecular weight excluding hydrogens is 379 g/mol. The average molecular weight is 399 g/mol. The van der Waals surface area contributed by atoms with Crippen LogP contribution in [0, 0.1) is 12.8 Å². The molecule has 1 unspecified atom stereocenters. The second-order valence-corrected chi connectivity index (χ2v) is 8.03. The Hall–Kier alpha value is -0.940. The van der Waals surface area contributed by atoms with Crippen LogP contribution in [0.25, 0.3) is 0 Å². The van der Waals surface area contributed by atoms with Crippen molar-refractivity contribution in [2.24, 2.45) is 5.92 Å². The van der Waals surface area contributed by atoms with Crippen LogP contribution in [-0.4, -0.2) is 17.4 Å². The van der Waals surface area contributed by atoms with Crippen LogP contribution in [-0.2, 0) is 0 Å². The Morgan fingerprint density at radius 2 is 1.88 bits per heavy atom. The van der Waals surface area contributed by atoms with E-state index in [0.717, 1.165) is 28.6 Å². The minimum Gasteiger partial charge on any atom is -0.362 e. The van der Waals surface area contributed by atoms with Crippen LogP contribution < -0.4 is 10.6 Å². The van der Waals surface area contributed by atoms with E-state index in [4.69, 9.17) is 35.4 Å². The summed E-state index contributed by atoms with van der Waals surface area (Å²) in [5.74, 6) is 1.47. The van der Waals surface area contributed by atoms with E-state index in [0.29, 0.717) is 16.1 Å². The first kappa shape index (κ1) is 19.4. The zero-order chi connectivity index (χ0) is 17.5. The number of hydrogen-bond donors (Lipinski definition) is 2. The van der Waals surface area contributed by atoms with Crippen molar-refractivity contribution in [2.75, 3.05) is 17.6 Å². The third-order valence-corrected chi connectivity index (χ3v) is 5.48. The molecule has 0 spiro atoms. The summed E-state index contributed by atoms with van der Waals surface area (Å²) in [4.78, 5) is 1.22. The van der Waals surface area contributed by atoms with Crippen LogP contribution in [0.2, 0.25) is 10.0 Å². The van der Waals surface area contributed by atoms with Gasteiger partial charge in [0, 0.05) is 22.2 Å². The number of anilines is 1. The van der Waals surface area contributed by atoms with E-state index in [1.807, 2.05) is 61.2 Å². The van der Waals surface area contributed by atoms with Gasteiger partial charge in [0.25, 0.3) is 0 Å². The quantitative estimate of drug-likeness (QED) is 0.458. The molecule has 2 aromatic rings. The molecule has 2 rings (SSSR count). The zero-order valence-electron chi connectivity index (χ0n) is 13.6. The molecular formula is C18H20Cl2N2S2. The molecule has 0 bridgehead atoms. The summed E-state index contributed by atoms with van der Waals surface area (Å²) in [6.07, 6.45) is 0. The van der Waals surface area contributed by atoms with Crippen molar-refractivity contribution in [1.29, 1.82) is 0 Å². The number of thioether (sulfide) groups is 1. The van der Waals surface area contributed by atoms with Gasteiger partial charge in [-0.15, -0.1) is 11.8 Å². The van der Waals surface area contributed by atoms with Crippen molar-refractivity contribution >= 4 is 58.0 Å². The van der Waals surface area contributed by atoms with Crippen LogP contribution in [0.15, 0.2) is 47.4 Å². The summed E-state index contributed by atoms with van der Waals surface area (Å²) in [5.41, 5.74) is 1.94. The molecule has 2 aromatic carbocycles. The molecule has 0 aliphatic rings. The smallest absolute Gasteiger partial charge is 0.170 e. The Balaban J connectivity index is 1.73. The number of nitrogens with one attached hydrogen (secondary N) is 2. The molecule has 0 fully saturated rings. The van der Waals surface area contributed by atoms with Crippen molar-refractivity contribution in [1.82, 2.24) is 5.32 Å². The van der Waals surface area contributed by atoms with Crippen LogP contribution in [0.3, 0.4) is 0 Å². The van der Waals surface area contributed by atoms with E-state index in [9.17, 15) is 0 Å². The van der Waals surface area contributed by atoms with Crippen molar-refractivity contribution in [3.05, 3.63) is 58.1 Å². The topological polar surface area (TPSA) is 24.1 Å². The SMILES string of the molecule is Cc1ccc(NC(=S)NCC(C)CSc2ccc(Cl)cc2)c(Cl)c1. The van der Waals surface area contributed by atoms with Gasteiger partial charge >= 0.3 is 0 Å². The first-order chi connectivity index (χ1) is 11.4. The molecule has 0 saturated carbocycles. The molecule has 1 atom stereocenters. The molecule has 0 radical (unpaired) electrons. The van der Waals surface area contributed by atoms with Gasteiger partial charge in [-0.3, -0.25) is 0 Å². The maximum absolute atomic E-state index is 6.20. The van der Waals surface area contributed by atoms with Gasteiger partial charge in [-0.2, -0.15) is 0 Å². The fraction of sp³-hybridized carbons (Fsp3) is 0.278. The monoisotopic (exact) mass is 398 g/mol. The Bertz CT molecular complexity index is 690. The van der Waals surface area contributed by atoms with Crippen LogP contribution >= 0.6 is 47.2 Å². The lowest BCUT2D eigenvalue weighted by Gasteiger charge is -2.16. The highest BCUT2D eigenvalue weighted by Crippen LogP contribution is 2.23. The summed E-state index contributed by atoms with van der Waals surface area (Å²) < 4.78 is 0. The molecule has 0 saturated heterocycles. The fourth-order valence-electron chi connectivity index (χ4n) is 1.98. The minimum atomic E-state index is 0.471. The number of rotatable bonds is 6. The lowest BCUT2D eigenvalue weighted by Crippen LogP contribution is -2.32. The highest BCUT2D eigenvalue weighted by molar-refractivity contribution is 7.99. The van der Waals surface area contributed by atoms with E-state index < -0.39 is 0 Å². The first-order valence-corrected chi connectivity index (χ1v) is 9.78. The maximum atomic E-state index is 6.20. The first-order valence-electron chi connectivity index (χ1n) is 7.63. The molecule has 128 valence electrons. The van der Waals surface area contributed by atoms with Crippen LogP contribution in [0.1, 0.15) is 12.5 Å². The summed E-state index contributed by atoms with van der Waals surface area (Å²) in [7, 11) is 0. The molecule has 0 aromatic heterocycles. The number of benzene rings is 2. The van der Waals surface area contributed by atoms with Crippen molar-refractivity contribution < 1.29 is 0 Å². The number of hydrogen-bond acceptors (Lipinski definition) is 2. The predicted octanol–water partition coefficient (Wildman–Crippen LogP) is 6.02. The molecule has 6 heteroatoms. The van der Waals surface area contributed by atoms with Gasteiger partial charge < -0.3 is 10.6 Å². The second kappa shape index (κ2) is 9.52. The van der Waals surface area contributed by atoms with Gasteiger partial charge in [-0.1, -0.05) is 36.2 Å². The van der Waals surface area contributed by atoms with Crippen molar-refractivity contribution in [3.8, 4) is 0 Å². The summed E-state index contributed by atoms with van der Waals surface area (Å²) >= 11 is 19.2. The number of halogens is 2. The predicted molar refractivity (Wildman–Crippen MR) is 112 cm³/mol. The van der Waals surface area contributed by atoms with E-state index >= 15 is 0 Å². The summed E-state index contributed by atoms with van der Waals surface area (Å²) in [6, 6.07) is 13.8. The highest BCUT2D eigenvalue weighted by atomic mass is 35.5. The van der Waals surface area contributed by atoms with E-state index in [2.05, 4.69) is 17.6 Å². The standard InChI is InChI=1S/C18H20Cl2N2S2/c1-12-3-8-17(16(20)9-12)22-18(23)21-10-13(2)11-24-15-6-4-14(19)5-7-15/h3-9,13H,10-11H2,1-2H3,(H2,21,22,23). The lowest BCUT2D eigenvalue weighted by molar-refractivity contribution is 0.637. The molecule has 0 aliphatic carbocycles. The van der Waals surface area contributed by atoms with Crippen molar-refractivity contribution in [3.63, 3.8) is 0 Å². The van der Waals surface area contributed by atoms with E-state index in [1.54, 1.807) is 0 Å². The third-order valence-electron chi connectivity index (χ3n) is 3.33. The Morgan fingerprint density at radius 1 is 1.17 bits per heavy atom. The van der Waals surface area contributed by atoms with Gasteiger partial charge in [0.2, 0.25) is 0 Å². The summed E-state index contributed by atoms with van der Waals surface area (Å²) in [6.45, 7) is 5.00. The van der Waals surface area contributed by atoms with Gasteiger partial charge in [0.05, 0.1) is 10.7 Å². The zero-order valence-corrected chi connectivity index (χ0v) is 16.8. The molecule has 0 heterocycles. The second-order valence-electron chi connectivity index (χ2n) is 5.69.